The number of hydrazone groups is 1. The van der Waals surface area contributed by atoms with Gasteiger partial charge in [-0.1, -0.05) is 60.7 Å². The molecule has 2 fully saturated rings. The maximum Gasteiger partial charge on any atom is 0.270 e. The van der Waals surface area contributed by atoms with Crippen LogP contribution < -0.4 is 17.0 Å². The predicted octanol–water partition coefficient (Wildman–Crippen LogP) is 2.52. The standard InChI is InChI=1S/C24H23N9O2S2/c25-22(36)28-27-17-12-19(20-13-34-21(17)35-20)33-24(37)31(26)23(30-33)32-18(15-9-5-2-6-10-15)11-16(29-32)14-7-3-1-4-8-14/h1-11,19-21H,12-13,26H2,(H3,25,28,36)/b27-17-/t19-,20+,21-/m0/s1. The van der Waals surface area contributed by atoms with Gasteiger partial charge >= 0.3 is 0 Å². The van der Waals surface area contributed by atoms with Crippen LogP contribution in [0.1, 0.15) is 12.5 Å². The lowest BCUT2D eigenvalue weighted by Crippen LogP contribution is -2.39. The van der Waals surface area contributed by atoms with Gasteiger partial charge in [0.2, 0.25) is 4.77 Å². The molecular formula is C24H23N9O2S2. The van der Waals surface area contributed by atoms with Crippen molar-refractivity contribution in [1.29, 1.82) is 0 Å². The molecule has 3 atom stereocenters. The SMILES string of the molecule is NC(=S)N/N=C1/C[C@H](n2nc(-n3nc(-c4ccccc4)cc3-c3ccccc3)n(N)c2=S)[C@H]2CO[C@H]1O2. The van der Waals surface area contributed by atoms with Gasteiger partial charge in [-0.15, -0.1) is 5.10 Å². The van der Waals surface area contributed by atoms with Gasteiger partial charge in [-0.05, 0) is 30.5 Å². The van der Waals surface area contributed by atoms with Crippen LogP contribution in [0.4, 0.5) is 0 Å². The molecule has 6 rings (SSSR count). The Hall–Kier alpha value is -3.91. The number of benzene rings is 2. The molecule has 2 aromatic heterocycles. The van der Waals surface area contributed by atoms with E-state index in [1.54, 1.807) is 9.36 Å². The van der Waals surface area contributed by atoms with Gasteiger partial charge in [0.25, 0.3) is 5.95 Å². The third kappa shape index (κ3) is 4.31. The van der Waals surface area contributed by atoms with E-state index in [0.717, 1.165) is 22.5 Å². The van der Waals surface area contributed by atoms with Crippen molar-refractivity contribution in [3.8, 4) is 28.5 Å². The monoisotopic (exact) mass is 533 g/mol. The first-order chi connectivity index (χ1) is 18.0. The molecule has 0 saturated carbocycles. The van der Waals surface area contributed by atoms with E-state index in [0.29, 0.717) is 29.5 Å². The second-order valence-electron chi connectivity index (χ2n) is 8.65. The summed E-state index contributed by atoms with van der Waals surface area (Å²) in [6.45, 7) is 0.366. The van der Waals surface area contributed by atoms with Crippen molar-refractivity contribution in [2.45, 2.75) is 24.9 Å². The highest BCUT2D eigenvalue weighted by Gasteiger charge is 2.44. The van der Waals surface area contributed by atoms with Gasteiger partial charge in [-0.3, -0.25) is 5.43 Å². The zero-order chi connectivity index (χ0) is 25.5. The molecule has 0 unspecified atom stereocenters. The number of nitrogens with zero attached hydrogens (tertiary/aromatic N) is 6. The molecule has 0 aliphatic carbocycles. The summed E-state index contributed by atoms with van der Waals surface area (Å²) in [6.07, 6.45) is -0.370. The van der Waals surface area contributed by atoms with Crippen molar-refractivity contribution < 1.29 is 9.47 Å². The van der Waals surface area contributed by atoms with Crippen molar-refractivity contribution in [1.82, 2.24) is 29.7 Å². The molecular weight excluding hydrogens is 510 g/mol. The summed E-state index contributed by atoms with van der Waals surface area (Å²) in [5.74, 6) is 6.85. The van der Waals surface area contributed by atoms with Crippen molar-refractivity contribution in [2.24, 2.45) is 10.8 Å². The highest BCUT2D eigenvalue weighted by Crippen LogP contribution is 2.34. The van der Waals surface area contributed by atoms with E-state index < -0.39 is 6.29 Å². The van der Waals surface area contributed by atoms with Crippen LogP contribution in [-0.4, -0.2) is 54.1 Å². The van der Waals surface area contributed by atoms with Crippen LogP contribution in [0.25, 0.3) is 28.5 Å². The minimum atomic E-state index is -0.569. The molecule has 11 nitrogen and oxygen atoms in total. The fraction of sp³-hybridized carbons (Fsp3) is 0.208. The Morgan fingerprint density at radius 2 is 1.76 bits per heavy atom. The van der Waals surface area contributed by atoms with E-state index in [-0.39, 0.29) is 17.3 Å². The molecule has 2 bridgehead atoms. The number of nitrogens with one attached hydrogen (secondary N) is 1. The molecule has 2 aliphatic heterocycles. The first-order valence-corrected chi connectivity index (χ1v) is 12.4. The second kappa shape index (κ2) is 9.52. The van der Waals surface area contributed by atoms with Gasteiger partial charge in [-0.2, -0.15) is 19.6 Å². The maximum atomic E-state index is 6.49. The minimum absolute atomic E-state index is 0.0515. The van der Waals surface area contributed by atoms with E-state index in [1.807, 2.05) is 66.7 Å². The second-order valence-corrected chi connectivity index (χ2v) is 9.45. The van der Waals surface area contributed by atoms with Crippen LogP contribution in [0.3, 0.4) is 0 Å². The highest BCUT2D eigenvalue weighted by atomic mass is 32.1. The van der Waals surface area contributed by atoms with Crippen LogP contribution in [0.5, 0.6) is 0 Å². The summed E-state index contributed by atoms with van der Waals surface area (Å²) in [4.78, 5) is 0. The molecule has 188 valence electrons. The van der Waals surface area contributed by atoms with Crippen molar-refractivity contribution in [3.63, 3.8) is 0 Å². The molecule has 4 aromatic rings. The van der Waals surface area contributed by atoms with Gasteiger partial charge in [0.05, 0.1) is 29.7 Å². The van der Waals surface area contributed by atoms with E-state index >= 15 is 0 Å². The molecule has 2 aliphatic rings. The summed E-state index contributed by atoms with van der Waals surface area (Å²) >= 11 is 10.6. The van der Waals surface area contributed by atoms with Crippen LogP contribution in [0.2, 0.25) is 0 Å². The lowest BCUT2D eigenvalue weighted by atomic mass is 10.0. The predicted molar refractivity (Wildman–Crippen MR) is 145 cm³/mol. The van der Waals surface area contributed by atoms with Gasteiger partial charge in [-0.25, -0.2) is 4.68 Å². The molecule has 4 heterocycles. The Morgan fingerprint density at radius 3 is 2.46 bits per heavy atom. The first kappa shape index (κ1) is 23.5. The number of ether oxygens (including phenoxy) is 2. The Bertz CT molecular complexity index is 1550. The number of nitrogens with two attached hydrogens (primary N) is 2. The molecule has 37 heavy (non-hydrogen) atoms. The Labute approximate surface area is 222 Å². The lowest BCUT2D eigenvalue weighted by Gasteiger charge is -2.28. The number of rotatable bonds is 5. The van der Waals surface area contributed by atoms with Crippen LogP contribution in [0.15, 0.2) is 71.8 Å². The average Bonchev–Trinajstić information content (AvgIpc) is 3.62. The number of fused-ring (bicyclic) bond motifs is 2. The Kier molecular flexibility index (Phi) is 6.04. The van der Waals surface area contributed by atoms with Gasteiger partial charge in [0.1, 0.15) is 6.10 Å². The summed E-state index contributed by atoms with van der Waals surface area (Å²) in [5, 5.41) is 14.0. The number of hydrogen-bond acceptors (Lipinski definition) is 8. The topological polar surface area (TPSA) is 135 Å². The quantitative estimate of drug-likeness (QED) is 0.201. The smallest absolute Gasteiger partial charge is 0.270 e. The number of aromatic nitrogens is 5. The first-order valence-electron chi connectivity index (χ1n) is 11.6. The van der Waals surface area contributed by atoms with Gasteiger partial charge < -0.3 is 21.1 Å². The summed E-state index contributed by atoms with van der Waals surface area (Å²) in [5.41, 5.74) is 12.3. The van der Waals surface area contributed by atoms with Crippen molar-refractivity contribution in [3.05, 3.63) is 71.5 Å². The van der Waals surface area contributed by atoms with Crippen LogP contribution in [0, 0.1) is 4.77 Å². The molecule has 13 heteroatoms. The van der Waals surface area contributed by atoms with Crippen molar-refractivity contribution >= 4 is 35.3 Å². The lowest BCUT2D eigenvalue weighted by molar-refractivity contribution is -0.0323. The van der Waals surface area contributed by atoms with E-state index in [4.69, 9.17) is 55.7 Å². The molecule has 2 saturated heterocycles. The largest absolute Gasteiger partial charge is 0.375 e. The average molecular weight is 534 g/mol. The Balaban J connectivity index is 1.44. The van der Waals surface area contributed by atoms with E-state index in [9.17, 15) is 0 Å². The summed E-state index contributed by atoms with van der Waals surface area (Å²) in [7, 11) is 0. The molecule has 5 N–H and O–H groups in total. The molecule has 0 spiro atoms. The fourth-order valence-corrected chi connectivity index (χ4v) is 4.85. The van der Waals surface area contributed by atoms with E-state index in [2.05, 4.69) is 10.5 Å². The summed E-state index contributed by atoms with van der Waals surface area (Å²) in [6, 6.07) is 21.6. The molecule has 0 amide bonds. The number of hydrogen-bond donors (Lipinski definition) is 3. The molecule has 2 aromatic carbocycles. The van der Waals surface area contributed by atoms with Crippen LogP contribution >= 0.6 is 24.4 Å². The number of thiocarbonyl (C=S) groups is 1. The maximum absolute atomic E-state index is 6.49. The zero-order valence-corrected chi connectivity index (χ0v) is 21.1. The summed E-state index contributed by atoms with van der Waals surface area (Å²) < 4.78 is 16.8. The van der Waals surface area contributed by atoms with Gasteiger partial charge in [0.15, 0.2) is 11.4 Å². The van der Waals surface area contributed by atoms with Crippen molar-refractivity contribution in [2.75, 3.05) is 12.4 Å². The minimum Gasteiger partial charge on any atom is -0.375 e. The third-order valence-corrected chi connectivity index (χ3v) is 6.78. The van der Waals surface area contributed by atoms with E-state index in [1.165, 1.54) is 4.68 Å². The Morgan fingerprint density at radius 1 is 1.05 bits per heavy atom. The normalized spacial score (nSPS) is 21.8. The van der Waals surface area contributed by atoms with Crippen LogP contribution in [-0.2, 0) is 9.47 Å². The molecule has 0 radical (unpaired) electrons. The third-order valence-electron chi connectivity index (χ3n) is 6.31. The fourth-order valence-electron chi connectivity index (χ4n) is 4.55. The highest BCUT2D eigenvalue weighted by molar-refractivity contribution is 7.80. The van der Waals surface area contributed by atoms with Gasteiger partial charge in [0, 0.05) is 17.5 Å². The zero-order valence-electron chi connectivity index (χ0n) is 19.5. The number of nitrogen functional groups attached to an aromatic ring is 1.